The maximum atomic E-state index is 15.0. The van der Waals surface area contributed by atoms with E-state index in [-0.39, 0.29) is 47.5 Å². The van der Waals surface area contributed by atoms with Gasteiger partial charge in [-0.25, -0.2) is 18.0 Å². The number of carbonyl (C=O) groups excluding carboxylic acids is 1. The third-order valence-corrected chi connectivity index (χ3v) is 6.75. The molecule has 0 aromatic heterocycles. The van der Waals surface area contributed by atoms with Gasteiger partial charge >= 0.3 is 5.97 Å². The molecule has 1 aliphatic carbocycles. The number of carbonyl (C=O) groups is 1. The molecule has 0 heterocycles. The predicted molar refractivity (Wildman–Crippen MR) is 140 cm³/mol. The van der Waals surface area contributed by atoms with E-state index in [0.29, 0.717) is 31.3 Å². The summed E-state index contributed by atoms with van der Waals surface area (Å²) in [5.74, 6) is -7.47. The van der Waals surface area contributed by atoms with E-state index in [9.17, 15) is 26.7 Å². The molecule has 0 saturated heterocycles. The summed E-state index contributed by atoms with van der Waals surface area (Å²) in [4.78, 5) is 12.5. The second kappa shape index (κ2) is 13.0. The SMILES string of the molecule is CCCCOc1ccc(C(=O)Oc2ccc(C3=CCC(c4ccc(OCC)c(F)c4F)CC3)c(F)c2)c(F)c1F. The molecule has 0 saturated carbocycles. The third-order valence-electron chi connectivity index (χ3n) is 6.75. The Labute approximate surface area is 229 Å². The topological polar surface area (TPSA) is 44.8 Å². The van der Waals surface area contributed by atoms with E-state index in [2.05, 4.69) is 0 Å². The Morgan fingerprint density at radius 3 is 2.27 bits per heavy atom. The van der Waals surface area contributed by atoms with E-state index >= 15 is 0 Å². The number of benzene rings is 3. The molecule has 3 aromatic carbocycles. The van der Waals surface area contributed by atoms with Gasteiger partial charge < -0.3 is 14.2 Å². The predicted octanol–water partition coefficient (Wildman–Crippen LogP) is 8.53. The van der Waals surface area contributed by atoms with Crippen LogP contribution in [0, 0.1) is 29.1 Å². The zero-order valence-corrected chi connectivity index (χ0v) is 22.2. The minimum Gasteiger partial charge on any atom is -0.491 e. The van der Waals surface area contributed by atoms with Crippen LogP contribution in [0.4, 0.5) is 22.0 Å². The molecular formula is C31H29F5O4. The molecule has 0 radical (unpaired) electrons. The highest BCUT2D eigenvalue weighted by molar-refractivity contribution is 5.91. The van der Waals surface area contributed by atoms with Crippen molar-refractivity contribution in [2.75, 3.05) is 13.2 Å². The van der Waals surface area contributed by atoms with Gasteiger partial charge in [0.25, 0.3) is 0 Å². The summed E-state index contributed by atoms with van der Waals surface area (Å²) in [7, 11) is 0. The average Bonchev–Trinajstić information content (AvgIpc) is 2.94. The first-order valence-electron chi connectivity index (χ1n) is 13.2. The first-order valence-corrected chi connectivity index (χ1v) is 13.2. The van der Waals surface area contributed by atoms with E-state index < -0.39 is 40.6 Å². The molecule has 1 atom stereocenters. The van der Waals surface area contributed by atoms with Crippen LogP contribution in [0.2, 0.25) is 0 Å². The molecule has 4 nitrogen and oxygen atoms in total. The zero-order valence-electron chi connectivity index (χ0n) is 22.2. The summed E-state index contributed by atoms with van der Waals surface area (Å²) in [6.07, 6.45) is 4.49. The fraction of sp³-hybridized carbons (Fsp3) is 0.323. The highest BCUT2D eigenvalue weighted by Gasteiger charge is 2.25. The Morgan fingerprint density at radius 1 is 0.875 bits per heavy atom. The molecule has 0 N–H and O–H groups in total. The number of halogens is 5. The Bertz CT molecular complexity index is 1420. The summed E-state index contributed by atoms with van der Waals surface area (Å²) in [5.41, 5.74) is 0.527. The molecule has 40 heavy (non-hydrogen) atoms. The smallest absolute Gasteiger partial charge is 0.346 e. The molecule has 0 fully saturated rings. The van der Waals surface area contributed by atoms with Crippen molar-refractivity contribution in [2.24, 2.45) is 0 Å². The van der Waals surface area contributed by atoms with Gasteiger partial charge in [0.2, 0.25) is 11.6 Å². The van der Waals surface area contributed by atoms with Crippen molar-refractivity contribution in [3.63, 3.8) is 0 Å². The fourth-order valence-corrected chi connectivity index (χ4v) is 4.60. The van der Waals surface area contributed by atoms with Gasteiger partial charge in [-0.2, -0.15) is 8.78 Å². The van der Waals surface area contributed by atoms with Gasteiger partial charge in [0.1, 0.15) is 11.6 Å². The molecule has 1 aliphatic rings. The summed E-state index contributed by atoms with van der Waals surface area (Å²) in [6.45, 7) is 4.02. The lowest BCUT2D eigenvalue weighted by Gasteiger charge is -2.24. The number of allylic oxidation sites excluding steroid dienone is 2. The largest absolute Gasteiger partial charge is 0.491 e. The molecular weight excluding hydrogens is 531 g/mol. The summed E-state index contributed by atoms with van der Waals surface area (Å²) in [5, 5.41) is 0. The maximum absolute atomic E-state index is 15.0. The molecule has 1 unspecified atom stereocenters. The zero-order chi connectivity index (χ0) is 28.8. The molecule has 4 rings (SSSR count). The van der Waals surface area contributed by atoms with Crippen molar-refractivity contribution in [3.05, 3.63) is 94.3 Å². The van der Waals surface area contributed by atoms with Crippen LogP contribution in [0.25, 0.3) is 5.57 Å². The highest BCUT2D eigenvalue weighted by atomic mass is 19.2. The van der Waals surface area contributed by atoms with Crippen molar-refractivity contribution in [3.8, 4) is 17.2 Å². The molecule has 0 amide bonds. The van der Waals surface area contributed by atoms with E-state index in [1.165, 1.54) is 24.3 Å². The lowest BCUT2D eigenvalue weighted by molar-refractivity contribution is 0.0728. The third kappa shape index (κ3) is 6.29. The van der Waals surface area contributed by atoms with Gasteiger partial charge in [0.05, 0.1) is 18.8 Å². The Morgan fingerprint density at radius 2 is 1.60 bits per heavy atom. The highest BCUT2D eigenvalue weighted by Crippen LogP contribution is 2.39. The van der Waals surface area contributed by atoms with Crippen molar-refractivity contribution >= 4 is 11.5 Å². The van der Waals surface area contributed by atoms with Crippen LogP contribution >= 0.6 is 0 Å². The maximum Gasteiger partial charge on any atom is 0.346 e. The van der Waals surface area contributed by atoms with Crippen LogP contribution in [-0.4, -0.2) is 19.2 Å². The minimum absolute atomic E-state index is 0.139. The molecule has 0 aliphatic heterocycles. The van der Waals surface area contributed by atoms with E-state index in [1.54, 1.807) is 13.0 Å². The van der Waals surface area contributed by atoms with Gasteiger partial charge in [-0.1, -0.05) is 25.5 Å². The summed E-state index contributed by atoms with van der Waals surface area (Å²) in [6, 6.07) is 8.87. The molecule has 9 heteroatoms. The van der Waals surface area contributed by atoms with Crippen LogP contribution in [0.5, 0.6) is 17.2 Å². The monoisotopic (exact) mass is 560 g/mol. The normalized spacial score (nSPS) is 15.0. The first kappa shape index (κ1) is 29.1. The number of ether oxygens (including phenoxy) is 3. The quantitative estimate of drug-likeness (QED) is 0.108. The van der Waals surface area contributed by atoms with Crippen LogP contribution in [0.1, 0.15) is 73.4 Å². The van der Waals surface area contributed by atoms with Crippen LogP contribution in [-0.2, 0) is 0 Å². The van der Waals surface area contributed by atoms with E-state index in [1.807, 2.05) is 6.92 Å². The number of hydrogen-bond acceptors (Lipinski definition) is 4. The second-order valence-electron chi connectivity index (χ2n) is 9.39. The van der Waals surface area contributed by atoms with Gasteiger partial charge in [-0.15, -0.1) is 0 Å². The molecule has 0 spiro atoms. The van der Waals surface area contributed by atoms with Crippen molar-refractivity contribution < 1.29 is 41.0 Å². The first-order chi connectivity index (χ1) is 19.2. The van der Waals surface area contributed by atoms with Gasteiger partial charge in [-0.05, 0) is 80.0 Å². The van der Waals surface area contributed by atoms with Crippen molar-refractivity contribution in [2.45, 2.75) is 51.9 Å². The van der Waals surface area contributed by atoms with Crippen LogP contribution in [0.3, 0.4) is 0 Å². The summed E-state index contributed by atoms with van der Waals surface area (Å²) >= 11 is 0. The van der Waals surface area contributed by atoms with Crippen LogP contribution in [0.15, 0.2) is 48.5 Å². The number of rotatable bonds is 10. The lowest BCUT2D eigenvalue weighted by atomic mass is 9.82. The number of esters is 1. The molecule has 0 bridgehead atoms. The lowest BCUT2D eigenvalue weighted by Crippen LogP contribution is -2.13. The Kier molecular flexibility index (Phi) is 9.45. The Hall–Kier alpha value is -3.88. The van der Waals surface area contributed by atoms with Crippen molar-refractivity contribution in [1.82, 2.24) is 0 Å². The number of hydrogen-bond donors (Lipinski definition) is 0. The average molecular weight is 561 g/mol. The van der Waals surface area contributed by atoms with Crippen LogP contribution < -0.4 is 14.2 Å². The standard InChI is InChI=1S/C31H29F5O4/c1-3-5-16-39-26-15-13-23(28(34)30(26)36)31(37)40-20-10-11-21(24(32)17-20)18-6-8-19(9-7-18)22-12-14-25(38-4-2)29(35)27(22)33/h6,10-15,17,19H,3-5,7-9,16H2,1-2H3. The molecule has 212 valence electrons. The second-order valence-corrected chi connectivity index (χ2v) is 9.39. The number of unbranched alkanes of at least 4 members (excludes halogenated alkanes) is 1. The van der Waals surface area contributed by atoms with E-state index in [0.717, 1.165) is 24.6 Å². The Balaban J connectivity index is 1.44. The summed E-state index contributed by atoms with van der Waals surface area (Å²) < 4.78 is 88.1. The van der Waals surface area contributed by atoms with Gasteiger partial charge in [0, 0.05) is 11.6 Å². The fourth-order valence-electron chi connectivity index (χ4n) is 4.60. The van der Waals surface area contributed by atoms with Gasteiger partial charge in [-0.3, -0.25) is 0 Å². The van der Waals surface area contributed by atoms with E-state index in [4.69, 9.17) is 14.2 Å². The minimum atomic E-state index is -1.41. The molecule has 3 aromatic rings. The van der Waals surface area contributed by atoms with Gasteiger partial charge in [0.15, 0.2) is 23.1 Å². The van der Waals surface area contributed by atoms with Crippen molar-refractivity contribution in [1.29, 1.82) is 0 Å².